The van der Waals surface area contributed by atoms with Crippen molar-refractivity contribution >= 4 is 45.0 Å². The minimum atomic E-state index is -3.72. The van der Waals surface area contributed by atoms with Gasteiger partial charge in [-0.1, -0.05) is 11.6 Å². The first-order chi connectivity index (χ1) is 12.7. The fraction of sp³-hybridized carbons (Fsp3) is 0.278. The summed E-state index contributed by atoms with van der Waals surface area (Å²) in [6, 6.07) is 11.4. The Balaban J connectivity index is 1.96. The molecular weight excluding hydrogens is 411 g/mol. The molecule has 0 aromatic heterocycles. The number of hydrogen-bond donors (Lipinski definition) is 1. The van der Waals surface area contributed by atoms with Gasteiger partial charge >= 0.3 is 0 Å². The highest BCUT2D eigenvalue weighted by Crippen LogP contribution is 2.22. The summed E-state index contributed by atoms with van der Waals surface area (Å²) in [5.74, 6) is -0.291. The van der Waals surface area contributed by atoms with Crippen LogP contribution in [0.4, 0.5) is 10.1 Å². The first-order valence-electron chi connectivity index (χ1n) is 8.09. The van der Waals surface area contributed by atoms with Crippen LogP contribution in [0.5, 0.6) is 0 Å². The molecule has 2 aromatic rings. The number of benzene rings is 2. The summed E-state index contributed by atoms with van der Waals surface area (Å²) in [6.45, 7) is 1.86. The van der Waals surface area contributed by atoms with Crippen molar-refractivity contribution in [1.29, 1.82) is 0 Å². The molecule has 1 unspecified atom stereocenters. The summed E-state index contributed by atoms with van der Waals surface area (Å²) in [7, 11) is -3.72. The average Bonchev–Trinajstić information content (AvgIpc) is 2.60. The molecule has 0 aliphatic carbocycles. The summed E-state index contributed by atoms with van der Waals surface area (Å²) in [5.41, 5.74) is 0.233. The van der Waals surface area contributed by atoms with Gasteiger partial charge in [0.25, 0.3) is 0 Å². The van der Waals surface area contributed by atoms with E-state index in [1.54, 1.807) is 23.9 Å². The van der Waals surface area contributed by atoms with Crippen LogP contribution >= 0.6 is 23.4 Å². The van der Waals surface area contributed by atoms with Gasteiger partial charge in [0.15, 0.2) is 0 Å². The standard InChI is InChI=1S/C18H20ClFN2O3S2/c1-13(22(27(2,24)25)16-7-5-15(20)6-8-16)18(23)21-11-12-26-17-9-3-14(19)4-10-17/h3-10,13H,11-12H2,1-2H3,(H,21,23). The van der Waals surface area contributed by atoms with Gasteiger partial charge in [0, 0.05) is 22.2 Å². The molecule has 0 aliphatic rings. The maximum Gasteiger partial charge on any atom is 0.243 e. The van der Waals surface area contributed by atoms with Crippen molar-refractivity contribution < 1.29 is 17.6 Å². The van der Waals surface area contributed by atoms with Crippen molar-refractivity contribution in [2.75, 3.05) is 22.9 Å². The Hall–Kier alpha value is -1.77. The Bertz CT molecular complexity index is 874. The van der Waals surface area contributed by atoms with E-state index < -0.39 is 27.8 Å². The maximum atomic E-state index is 13.1. The van der Waals surface area contributed by atoms with Crippen LogP contribution in [0.3, 0.4) is 0 Å². The molecule has 0 saturated heterocycles. The minimum absolute atomic E-state index is 0.233. The van der Waals surface area contributed by atoms with Gasteiger partial charge in [0.1, 0.15) is 11.9 Å². The van der Waals surface area contributed by atoms with Crippen LogP contribution in [0.15, 0.2) is 53.4 Å². The highest BCUT2D eigenvalue weighted by atomic mass is 35.5. The van der Waals surface area contributed by atoms with Crippen LogP contribution < -0.4 is 9.62 Å². The number of halogens is 2. The van der Waals surface area contributed by atoms with Gasteiger partial charge in [0.2, 0.25) is 15.9 Å². The van der Waals surface area contributed by atoms with E-state index in [9.17, 15) is 17.6 Å². The molecule has 2 aromatic carbocycles. The highest BCUT2D eigenvalue weighted by molar-refractivity contribution is 7.99. The smallest absolute Gasteiger partial charge is 0.243 e. The molecule has 146 valence electrons. The van der Waals surface area contributed by atoms with Gasteiger partial charge in [-0.05, 0) is 55.5 Å². The third kappa shape index (κ3) is 6.41. The summed E-state index contributed by atoms with van der Waals surface area (Å²) in [5, 5.41) is 3.39. The lowest BCUT2D eigenvalue weighted by atomic mass is 10.2. The fourth-order valence-corrected chi connectivity index (χ4v) is 4.49. The number of hydrogen-bond acceptors (Lipinski definition) is 4. The highest BCUT2D eigenvalue weighted by Gasteiger charge is 2.28. The number of carbonyl (C=O) groups excluding carboxylic acids is 1. The third-order valence-electron chi connectivity index (χ3n) is 3.65. The van der Waals surface area contributed by atoms with Crippen LogP contribution in [0.1, 0.15) is 6.92 Å². The summed E-state index contributed by atoms with van der Waals surface area (Å²) >= 11 is 7.38. The quantitative estimate of drug-likeness (QED) is 0.513. The molecule has 5 nitrogen and oxygen atoms in total. The molecule has 0 radical (unpaired) electrons. The molecule has 27 heavy (non-hydrogen) atoms. The van der Waals surface area contributed by atoms with Crippen LogP contribution in [0.25, 0.3) is 0 Å². The van der Waals surface area contributed by atoms with Crippen molar-refractivity contribution in [2.45, 2.75) is 17.9 Å². The number of sulfonamides is 1. The zero-order valence-corrected chi connectivity index (χ0v) is 17.2. The Labute approximate surface area is 168 Å². The zero-order valence-electron chi connectivity index (χ0n) is 14.9. The molecule has 0 saturated carbocycles. The lowest BCUT2D eigenvalue weighted by Crippen LogP contribution is -2.48. The van der Waals surface area contributed by atoms with Crippen molar-refractivity contribution in [2.24, 2.45) is 0 Å². The molecule has 1 amide bonds. The van der Waals surface area contributed by atoms with Crippen molar-refractivity contribution in [3.63, 3.8) is 0 Å². The summed E-state index contributed by atoms with van der Waals surface area (Å²) < 4.78 is 38.4. The first-order valence-corrected chi connectivity index (χ1v) is 11.3. The Morgan fingerprint density at radius 1 is 1.19 bits per heavy atom. The molecule has 0 aliphatic heterocycles. The Kier molecular flexibility index (Phi) is 7.52. The molecule has 0 spiro atoms. The Morgan fingerprint density at radius 2 is 1.78 bits per heavy atom. The predicted octanol–water partition coefficient (Wildman–Crippen LogP) is 3.54. The van der Waals surface area contributed by atoms with E-state index >= 15 is 0 Å². The van der Waals surface area contributed by atoms with Crippen LogP contribution in [-0.2, 0) is 14.8 Å². The van der Waals surface area contributed by atoms with Crippen LogP contribution in [0.2, 0.25) is 5.02 Å². The molecule has 0 heterocycles. The molecule has 9 heteroatoms. The van der Waals surface area contributed by atoms with Gasteiger partial charge in [-0.2, -0.15) is 0 Å². The van der Waals surface area contributed by atoms with Crippen LogP contribution in [0, 0.1) is 5.82 Å². The predicted molar refractivity (Wildman–Crippen MR) is 108 cm³/mol. The second-order valence-corrected chi connectivity index (χ2v) is 9.27. The molecule has 0 bridgehead atoms. The van der Waals surface area contributed by atoms with Crippen molar-refractivity contribution in [3.05, 3.63) is 59.4 Å². The average molecular weight is 431 g/mol. The maximum absolute atomic E-state index is 13.1. The van der Waals surface area contributed by atoms with Gasteiger partial charge in [0.05, 0.1) is 11.9 Å². The zero-order chi connectivity index (χ0) is 20.0. The number of thioether (sulfide) groups is 1. The normalized spacial score (nSPS) is 12.4. The lowest BCUT2D eigenvalue weighted by Gasteiger charge is -2.28. The van der Waals surface area contributed by atoms with E-state index in [1.165, 1.54) is 19.1 Å². The lowest BCUT2D eigenvalue weighted by molar-refractivity contribution is -0.121. The van der Waals surface area contributed by atoms with E-state index in [0.29, 0.717) is 17.3 Å². The molecular formula is C18H20ClFN2O3S2. The fourth-order valence-electron chi connectivity index (χ4n) is 2.42. The SMILES string of the molecule is CC(C(=O)NCCSc1ccc(Cl)cc1)N(c1ccc(F)cc1)S(C)(=O)=O. The summed E-state index contributed by atoms with van der Waals surface area (Å²) in [6.07, 6.45) is 1.01. The second-order valence-electron chi connectivity index (χ2n) is 5.80. The van der Waals surface area contributed by atoms with Gasteiger partial charge in [-0.25, -0.2) is 12.8 Å². The van der Waals surface area contributed by atoms with Gasteiger partial charge in [-0.3, -0.25) is 9.10 Å². The van der Waals surface area contributed by atoms with E-state index in [4.69, 9.17) is 11.6 Å². The van der Waals surface area contributed by atoms with Crippen molar-refractivity contribution in [3.8, 4) is 0 Å². The van der Waals surface area contributed by atoms with E-state index in [1.807, 2.05) is 12.1 Å². The Morgan fingerprint density at radius 3 is 2.33 bits per heavy atom. The summed E-state index contributed by atoms with van der Waals surface area (Å²) in [4.78, 5) is 13.4. The van der Waals surface area contributed by atoms with Gasteiger partial charge < -0.3 is 5.32 Å². The van der Waals surface area contributed by atoms with E-state index in [-0.39, 0.29) is 5.69 Å². The number of anilines is 1. The topological polar surface area (TPSA) is 66.5 Å². The third-order valence-corrected chi connectivity index (χ3v) is 6.16. The monoisotopic (exact) mass is 430 g/mol. The number of nitrogens with one attached hydrogen (secondary N) is 1. The van der Waals surface area contributed by atoms with E-state index in [2.05, 4.69) is 5.32 Å². The molecule has 1 N–H and O–H groups in total. The molecule has 0 fully saturated rings. The number of nitrogens with zero attached hydrogens (tertiary/aromatic N) is 1. The number of rotatable bonds is 8. The first kappa shape index (κ1) is 21.5. The van der Waals surface area contributed by atoms with Gasteiger partial charge in [-0.15, -0.1) is 11.8 Å². The minimum Gasteiger partial charge on any atom is -0.353 e. The van der Waals surface area contributed by atoms with Crippen LogP contribution in [-0.4, -0.2) is 38.9 Å². The second kappa shape index (κ2) is 9.43. The molecule has 1 atom stereocenters. The number of amides is 1. The van der Waals surface area contributed by atoms with Crippen molar-refractivity contribution in [1.82, 2.24) is 5.32 Å². The largest absolute Gasteiger partial charge is 0.353 e. The number of carbonyl (C=O) groups is 1. The van der Waals surface area contributed by atoms with E-state index in [0.717, 1.165) is 27.6 Å². The molecule has 2 rings (SSSR count).